The lowest BCUT2D eigenvalue weighted by atomic mass is 10.1. The van der Waals surface area contributed by atoms with Crippen LogP contribution in [0.4, 0.5) is 0 Å². The molecule has 0 saturated carbocycles. The van der Waals surface area contributed by atoms with Crippen LogP contribution in [-0.2, 0) is 0 Å². The number of rotatable bonds is 8. The van der Waals surface area contributed by atoms with E-state index in [1.807, 2.05) is 0 Å². The number of hydrogen-bond acceptors (Lipinski definition) is 4. The SMILES string of the molecule is COc1cc(C(=O)NCC2CCCN2)cc(Cl)c1OCCC(C)C.Cl. The van der Waals surface area contributed by atoms with E-state index in [0.717, 1.165) is 25.8 Å². The molecule has 1 aliphatic heterocycles. The second-order valence-corrected chi connectivity index (χ2v) is 6.93. The summed E-state index contributed by atoms with van der Waals surface area (Å²) in [6.45, 7) is 6.46. The van der Waals surface area contributed by atoms with Crippen LogP contribution < -0.4 is 20.1 Å². The molecule has 1 heterocycles. The summed E-state index contributed by atoms with van der Waals surface area (Å²) in [5.74, 6) is 1.37. The van der Waals surface area contributed by atoms with Gasteiger partial charge in [-0.05, 0) is 43.9 Å². The standard InChI is InChI=1S/C18H27ClN2O3.ClH/c1-12(2)6-8-24-17-15(19)9-13(10-16(17)23-3)18(22)21-11-14-5-4-7-20-14;/h9-10,12,14,20H,4-8,11H2,1-3H3,(H,21,22);1H. The molecule has 142 valence electrons. The molecule has 25 heavy (non-hydrogen) atoms. The van der Waals surface area contributed by atoms with E-state index in [1.54, 1.807) is 19.2 Å². The van der Waals surface area contributed by atoms with Gasteiger partial charge in [-0.3, -0.25) is 4.79 Å². The number of amides is 1. The summed E-state index contributed by atoms with van der Waals surface area (Å²) in [5.41, 5.74) is 0.478. The lowest BCUT2D eigenvalue weighted by Crippen LogP contribution is -2.37. The Balaban J connectivity index is 0.00000312. The minimum Gasteiger partial charge on any atom is -0.493 e. The molecule has 1 unspecified atom stereocenters. The van der Waals surface area contributed by atoms with E-state index in [9.17, 15) is 4.79 Å². The molecule has 1 amide bonds. The zero-order chi connectivity index (χ0) is 17.5. The van der Waals surface area contributed by atoms with Crippen molar-refractivity contribution < 1.29 is 14.3 Å². The number of halogens is 2. The van der Waals surface area contributed by atoms with Gasteiger partial charge >= 0.3 is 0 Å². The summed E-state index contributed by atoms with van der Waals surface area (Å²) in [5, 5.41) is 6.68. The molecule has 2 rings (SSSR count). The first-order valence-electron chi connectivity index (χ1n) is 8.53. The van der Waals surface area contributed by atoms with Crippen LogP contribution in [0.15, 0.2) is 12.1 Å². The summed E-state index contributed by atoms with van der Waals surface area (Å²) < 4.78 is 11.1. The third-order valence-corrected chi connectivity index (χ3v) is 4.39. The summed E-state index contributed by atoms with van der Waals surface area (Å²) in [6.07, 6.45) is 3.17. The molecule has 2 N–H and O–H groups in total. The van der Waals surface area contributed by atoms with E-state index in [0.29, 0.717) is 47.2 Å². The molecule has 1 aliphatic rings. The second kappa shape index (κ2) is 10.7. The zero-order valence-electron chi connectivity index (χ0n) is 15.1. The van der Waals surface area contributed by atoms with Crippen molar-refractivity contribution in [2.24, 2.45) is 5.92 Å². The minimum absolute atomic E-state index is 0. The van der Waals surface area contributed by atoms with Gasteiger partial charge in [0.25, 0.3) is 5.91 Å². The van der Waals surface area contributed by atoms with Crippen molar-refractivity contribution in [2.75, 3.05) is 26.8 Å². The number of carbonyl (C=O) groups excluding carboxylic acids is 1. The summed E-state index contributed by atoms with van der Waals surface area (Å²) >= 11 is 6.30. The van der Waals surface area contributed by atoms with Crippen molar-refractivity contribution in [1.29, 1.82) is 0 Å². The lowest BCUT2D eigenvalue weighted by Gasteiger charge is -2.16. The largest absolute Gasteiger partial charge is 0.493 e. The smallest absolute Gasteiger partial charge is 0.251 e. The number of benzene rings is 1. The maximum absolute atomic E-state index is 12.3. The van der Waals surface area contributed by atoms with E-state index in [-0.39, 0.29) is 18.3 Å². The maximum Gasteiger partial charge on any atom is 0.251 e. The first-order chi connectivity index (χ1) is 11.5. The predicted molar refractivity (Wildman–Crippen MR) is 104 cm³/mol. The normalized spacial score (nSPS) is 16.4. The van der Waals surface area contributed by atoms with Crippen molar-refractivity contribution in [1.82, 2.24) is 10.6 Å². The molecule has 0 aliphatic carbocycles. The molecule has 1 aromatic rings. The van der Waals surface area contributed by atoms with Crippen molar-refractivity contribution in [3.05, 3.63) is 22.7 Å². The molecule has 7 heteroatoms. The molecule has 0 bridgehead atoms. The molecular weight excluding hydrogens is 363 g/mol. The van der Waals surface area contributed by atoms with E-state index in [4.69, 9.17) is 21.1 Å². The van der Waals surface area contributed by atoms with Crippen LogP contribution in [0.5, 0.6) is 11.5 Å². The van der Waals surface area contributed by atoms with Gasteiger partial charge in [0.2, 0.25) is 0 Å². The van der Waals surface area contributed by atoms with Gasteiger partial charge in [0.05, 0.1) is 18.7 Å². The van der Waals surface area contributed by atoms with Crippen LogP contribution in [0.1, 0.15) is 43.5 Å². The Hall–Kier alpha value is -1.17. The van der Waals surface area contributed by atoms with Crippen molar-refractivity contribution >= 4 is 29.9 Å². The fourth-order valence-corrected chi connectivity index (χ4v) is 2.90. The molecule has 0 aromatic heterocycles. The van der Waals surface area contributed by atoms with E-state index >= 15 is 0 Å². The van der Waals surface area contributed by atoms with Crippen LogP contribution in [-0.4, -0.2) is 38.8 Å². The van der Waals surface area contributed by atoms with Gasteiger partial charge in [0, 0.05) is 18.2 Å². The molecule has 5 nitrogen and oxygen atoms in total. The molecular formula is C18H28Cl2N2O3. The number of methoxy groups -OCH3 is 1. The highest BCUT2D eigenvalue weighted by atomic mass is 35.5. The van der Waals surface area contributed by atoms with Gasteiger partial charge in [-0.2, -0.15) is 0 Å². The van der Waals surface area contributed by atoms with Gasteiger partial charge in [-0.15, -0.1) is 12.4 Å². The van der Waals surface area contributed by atoms with Crippen LogP contribution in [0, 0.1) is 5.92 Å². The molecule has 1 aromatic carbocycles. The zero-order valence-corrected chi connectivity index (χ0v) is 16.6. The van der Waals surface area contributed by atoms with Crippen molar-refractivity contribution in [3.63, 3.8) is 0 Å². The monoisotopic (exact) mass is 390 g/mol. The number of ether oxygens (including phenoxy) is 2. The van der Waals surface area contributed by atoms with Gasteiger partial charge in [0.1, 0.15) is 0 Å². The van der Waals surface area contributed by atoms with E-state index < -0.39 is 0 Å². The highest BCUT2D eigenvalue weighted by Crippen LogP contribution is 2.36. The van der Waals surface area contributed by atoms with Gasteiger partial charge in [-0.1, -0.05) is 25.4 Å². The average Bonchev–Trinajstić information content (AvgIpc) is 3.06. The van der Waals surface area contributed by atoms with Gasteiger partial charge in [-0.25, -0.2) is 0 Å². The lowest BCUT2D eigenvalue weighted by molar-refractivity contribution is 0.0950. The Morgan fingerprint density at radius 2 is 2.20 bits per heavy atom. The topological polar surface area (TPSA) is 59.6 Å². The van der Waals surface area contributed by atoms with E-state index in [1.165, 1.54) is 0 Å². The Bertz CT molecular complexity index is 561. The number of nitrogens with one attached hydrogen (secondary N) is 2. The highest BCUT2D eigenvalue weighted by molar-refractivity contribution is 6.32. The Morgan fingerprint density at radius 3 is 2.80 bits per heavy atom. The Morgan fingerprint density at radius 1 is 1.44 bits per heavy atom. The first kappa shape index (κ1) is 21.9. The summed E-state index contributed by atoms with van der Waals surface area (Å²) in [7, 11) is 1.55. The summed E-state index contributed by atoms with van der Waals surface area (Å²) in [4.78, 5) is 12.3. The molecule has 1 atom stereocenters. The Kier molecular flexibility index (Phi) is 9.39. The highest BCUT2D eigenvalue weighted by Gasteiger charge is 2.18. The fourth-order valence-electron chi connectivity index (χ4n) is 2.64. The van der Waals surface area contributed by atoms with Crippen LogP contribution in [0.3, 0.4) is 0 Å². The van der Waals surface area contributed by atoms with Crippen molar-refractivity contribution in [2.45, 2.75) is 39.2 Å². The quantitative estimate of drug-likeness (QED) is 0.710. The predicted octanol–water partition coefficient (Wildman–Crippen LogP) is 3.68. The molecule has 1 fully saturated rings. The third kappa shape index (κ3) is 6.57. The first-order valence-corrected chi connectivity index (χ1v) is 8.91. The van der Waals surface area contributed by atoms with Gasteiger partial charge < -0.3 is 20.1 Å². The third-order valence-electron chi connectivity index (χ3n) is 4.10. The van der Waals surface area contributed by atoms with E-state index in [2.05, 4.69) is 24.5 Å². The van der Waals surface area contributed by atoms with Gasteiger partial charge in [0.15, 0.2) is 11.5 Å². The van der Waals surface area contributed by atoms with Crippen LogP contribution in [0.2, 0.25) is 5.02 Å². The van der Waals surface area contributed by atoms with Crippen LogP contribution in [0.25, 0.3) is 0 Å². The molecule has 1 saturated heterocycles. The minimum atomic E-state index is -0.155. The molecule has 0 radical (unpaired) electrons. The number of hydrogen-bond donors (Lipinski definition) is 2. The molecule has 0 spiro atoms. The second-order valence-electron chi connectivity index (χ2n) is 6.52. The Labute approximate surface area is 161 Å². The number of carbonyl (C=O) groups is 1. The fraction of sp³-hybridized carbons (Fsp3) is 0.611. The average molecular weight is 391 g/mol. The summed E-state index contributed by atoms with van der Waals surface area (Å²) in [6, 6.07) is 3.66. The van der Waals surface area contributed by atoms with Crippen molar-refractivity contribution in [3.8, 4) is 11.5 Å². The van der Waals surface area contributed by atoms with Crippen LogP contribution >= 0.6 is 24.0 Å². The maximum atomic E-state index is 12.3.